The van der Waals surface area contributed by atoms with E-state index in [0.29, 0.717) is 0 Å². The molecular weight excluding hydrogens is 816 g/mol. The maximum absolute atomic E-state index is 7.03. The lowest BCUT2D eigenvalue weighted by Crippen LogP contribution is -2.37. The fourth-order valence-electron chi connectivity index (χ4n) is 11.6. The quantitative estimate of drug-likeness (QED) is 0.175. The number of para-hydroxylation sites is 1. The molecule has 0 amide bonds. The molecule has 2 aliphatic rings. The average Bonchev–Trinajstić information content (AvgIpc) is 3.99. The van der Waals surface area contributed by atoms with Gasteiger partial charge in [-0.2, -0.15) is 0 Å². The van der Waals surface area contributed by atoms with Crippen LogP contribution in [0.4, 0.5) is 11.4 Å². The third-order valence-electron chi connectivity index (χ3n) is 15.4. The minimum Gasteiger partial charge on any atom is -0.456 e. The molecule has 0 spiro atoms. The molecule has 11 aromatic rings. The van der Waals surface area contributed by atoms with Crippen molar-refractivity contribution in [1.82, 2.24) is 4.57 Å². The van der Waals surface area contributed by atoms with Gasteiger partial charge in [0, 0.05) is 66.2 Å². The zero-order valence-corrected chi connectivity index (χ0v) is 39.4. The molecule has 1 N–H and O–H groups in total. The molecule has 1 aliphatic carbocycles. The molecule has 0 fully saturated rings. The molecule has 0 radical (unpaired) electrons. The molecule has 5 heteroatoms. The van der Waals surface area contributed by atoms with Gasteiger partial charge < -0.3 is 18.7 Å². The summed E-state index contributed by atoms with van der Waals surface area (Å²) in [7, 11) is 0.751. The van der Waals surface area contributed by atoms with Crippen molar-refractivity contribution < 1.29 is 8.83 Å². The Kier molecular flexibility index (Phi) is 8.46. The lowest BCUT2D eigenvalue weighted by molar-refractivity contribution is 0.332. The van der Waals surface area contributed by atoms with Gasteiger partial charge in [0.1, 0.15) is 22.5 Å². The van der Waals surface area contributed by atoms with Crippen molar-refractivity contribution >= 4 is 84.3 Å². The highest BCUT2D eigenvalue weighted by atomic mass is 16.3. The highest BCUT2D eigenvalue weighted by Crippen LogP contribution is 2.50. The molecule has 0 saturated heterocycles. The molecule has 13 rings (SSSR count). The van der Waals surface area contributed by atoms with Crippen LogP contribution < -0.4 is 16.2 Å². The van der Waals surface area contributed by atoms with Crippen LogP contribution in [-0.2, 0) is 16.2 Å². The highest BCUT2D eigenvalue weighted by molar-refractivity contribution is 6.73. The van der Waals surface area contributed by atoms with Crippen LogP contribution in [0.5, 0.6) is 0 Å². The number of benzene rings is 8. The van der Waals surface area contributed by atoms with Crippen molar-refractivity contribution in [2.45, 2.75) is 77.6 Å². The van der Waals surface area contributed by atoms with Gasteiger partial charge in [0.25, 0.3) is 0 Å². The van der Waals surface area contributed by atoms with Crippen LogP contribution in [0.15, 0.2) is 167 Å². The van der Waals surface area contributed by atoms with Crippen molar-refractivity contribution in [3.63, 3.8) is 0 Å². The van der Waals surface area contributed by atoms with Crippen molar-refractivity contribution in [3.8, 4) is 39.3 Å². The molecule has 67 heavy (non-hydrogen) atoms. The van der Waals surface area contributed by atoms with Gasteiger partial charge in [-0.05, 0) is 117 Å². The Hall–Kier alpha value is -7.24. The number of anilines is 2. The van der Waals surface area contributed by atoms with Gasteiger partial charge in [-0.25, -0.2) is 0 Å². The Morgan fingerprint density at radius 3 is 1.96 bits per heavy atom. The van der Waals surface area contributed by atoms with E-state index in [2.05, 4.69) is 216 Å². The largest absolute Gasteiger partial charge is 0.456 e. The number of hydrogen-bond donors (Lipinski definition) is 1. The van der Waals surface area contributed by atoms with Gasteiger partial charge in [-0.3, -0.25) is 0 Å². The third kappa shape index (κ3) is 6.13. The van der Waals surface area contributed by atoms with Gasteiger partial charge in [-0.1, -0.05) is 157 Å². The SMILES string of the molecule is CC(C)(C)c1ccc(Nc2cc3c(cc2-c2ccc4c5cc6oc7ccccc7c6cc5n5c4c2Bc2cc4oc(-c6ccccc6)c(-c6ccccc6)c4cc2-5)C(C)(C)CCC3(C)C)cc1. The van der Waals surface area contributed by atoms with E-state index >= 15 is 0 Å². The van der Waals surface area contributed by atoms with Gasteiger partial charge >= 0.3 is 0 Å². The molecule has 3 aromatic heterocycles. The summed E-state index contributed by atoms with van der Waals surface area (Å²) in [6.45, 7) is 16.6. The highest BCUT2D eigenvalue weighted by Gasteiger charge is 2.39. The van der Waals surface area contributed by atoms with Gasteiger partial charge in [0.2, 0.25) is 0 Å². The zero-order chi connectivity index (χ0) is 45.6. The Bertz CT molecular complexity index is 3820. The van der Waals surface area contributed by atoms with Crippen LogP contribution in [0.25, 0.3) is 94.0 Å². The Balaban J connectivity index is 1.11. The average molecular weight is 869 g/mol. The first-order valence-corrected chi connectivity index (χ1v) is 24.0. The lowest BCUT2D eigenvalue weighted by atomic mass is 9.58. The predicted molar refractivity (Wildman–Crippen MR) is 284 cm³/mol. The second-order valence-electron chi connectivity index (χ2n) is 21.6. The fraction of sp³-hybridized carbons (Fsp3) is 0.194. The number of nitrogens with one attached hydrogen (secondary N) is 1. The monoisotopic (exact) mass is 868 g/mol. The van der Waals surface area contributed by atoms with E-state index < -0.39 is 0 Å². The molecular formula is C62H53BN2O2. The summed E-state index contributed by atoms with van der Waals surface area (Å²) in [5.74, 6) is 0.891. The molecule has 0 unspecified atom stereocenters. The Morgan fingerprint density at radius 2 is 1.22 bits per heavy atom. The van der Waals surface area contributed by atoms with Crippen LogP contribution in [0.3, 0.4) is 0 Å². The second-order valence-corrected chi connectivity index (χ2v) is 21.6. The van der Waals surface area contributed by atoms with Crippen molar-refractivity contribution in [1.29, 1.82) is 0 Å². The second kappa shape index (κ2) is 14.1. The smallest absolute Gasteiger partial charge is 0.198 e. The van der Waals surface area contributed by atoms with E-state index in [9.17, 15) is 0 Å². The minimum atomic E-state index is 0.0317. The maximum Gasteiger partial charge on any atom is 0.198 e. The van der Waals surface area contributed by atoms with Crippen molar-refractivity contribution in [2.24, 2.45) is 0 Å². The zero-order valence-electron chi connectivity index (χ0n) is 39.4. The standard InChI is InChI=1S/C62H53BN2O2/c1-60(2,3)38-22-24-39(25-23-38)64-50-34-48-47(61(4,5)28-29-62(48,6)7)30-43(50)41-26-27-42-44-33-54-45(40-20-14-15-21-53(40)66-54)31-51(44)65-52-32-46-55(35-49(52)63-57(41)58(42)65)67-59(37-18-12-9-13-19-37)56(46)36-16-10-8-11-17-36/h8-27,30-35,63-64H,28-29H2,1-7H3. The first kappa shape index (κ1) is 40.1. The molecule has 0 bridgehead atoms. The maximum atomic E-state index is 7.03. The molecule has 8 aromatic carbocycles. The minimum absolute atomic E-state index is 0.0317. The van der Waals surface area contributed by atoms with Crippen LogP contribution in [0.1, 0.15) is 78.0 Å². The number of furan rings is 2. The molecule has 0 atom stereocenters. The van der Waals surface area contributed by atoms with E-state index in [1.54, 1.807) is 0 Å². The Labute approximate surface area is 392 Å². The van der Waals surface area contributed by atoms with Crippen LogP contribution in [0, 0.1) is 0 Å². The summed E-state index contributed by atoms with van der Waals surface area (Å²) in [5.41, 5.74) is 21.3. The van der Waals surface area contributed by atoms with E-state index in [4.69, 9.17) is 8.83 Å². The van der Waals surface area contributed by atoms with E-state index in [0.717, 1.165) is 86.9 Å². The molecule has 4 nitrogen and oxygen atoms in total. The number of hydrogen-bond acceptors (Lipinski definition) is 3. The van der Waals surface area contributed by atoms with Crippen molar-refractivity contribution in [2.75, 3.05) is 5.32 Å². The number of nitrogens with zero attached hydrogens (tertiary/aromatic N) is 1. The predicted octanol–water partition coefficient (Wildman–Crippen LogP) is 15.5. The molecule has 4 heterocycles. The van der Waals surface area contributed by atoms with Gasteiger partial charge in [-0.15, -0.1) is 0 Å². The first-order chi connectivity index (χ1) is 32.3. The number of aromatic nitrogens is 1. The first-order valence-electron chi connectivity index (χ1n) is 24.0. The van der Waals surface area contributed by atoms with Gasteiger partial charge in [0.15, 0.2) is 7.28 Å². The van der Waals surface area contributed by atoms with Crippen LogP contribution >= 0.6 is 0 Å². The number of rotatable bonds is 5. The van der Waals surface area contributed by atoms with Crippen LogP contribution in [-0.4, -0.2) is 11.8 Å². The normalized spacial score (nSPS) is 15.0. The summed E-state index contributed by atoms with van der Waals surface area (Å²) in [6, 6.07) is 58.0. The Morgan fingerprint density at radius 1 is 0.552 bits per heavy atom. The van der Waals surface area contributed by atoms with E-state index in [1.165, 1.54) is 66.2 Å². The summed E-state index contributed by atoms with van der Waals surface area (Å²) in [5, 5.41) is 9.79. The molecule has 326 valence electrons. The van der Waals surface area contributed by atoms with Crippen molar-refractivity contribution in [3.05, 3.63) is 174 Å². The summed E-state index contributed by atoms with van der Waals surface area (Å²) in [6.07, 6.45) is 2.30. The van der Waals surface area contributed by atoms with E-state index in [-0.39, 0.29) is 16.2 Å². The van der Waals surface area contributed by atoms with E-state index in [1.807, 2.05) is 0 Å². The summed E-state index contributed by atoms with van der Waals surface area (Å²) >= 11 is 0. The molecule has 0 saturated carbocycles. The third-order valence-corrected chi connectivity index (χ3v) is 15.4. The summed E-state index contributed by atoms with van der Waals surface area (Å²) in [4.78, 5) is 0. The number of fused-ring (bicyclic) bond motifs is 10. The topological polar surface area (TPSA) is 43.2 Å². The molecule has 1 aliphatic heterocycles. The van der Waals surface area contributed by atoms with Gasteiger partial charge in [0.05, 0.1) is 5.52 Å². The lowest BCUT2D eigenvalue weighted by Gasteiger charge is -2.42. The summed E-state index contributed by atoms with van der Waals surface area (Å²) < 4.78 is 16.2. The fourth-order valence-corrected chi connectivity index (χ4v) is 11.6. The van der Waals surface area contributed by atoms with Crippen LogP contribution in [0.2, 0.25) is 0 Å².